The van der Waals surface area contributed by atoms with E-state index in [1.807, 2.05) is 34.0 Å². The minimum absolute atomic E-state index is 0.0693. The molecule has 1 saturated carbocycles. The Bertz CT molecular complexity index is 711. The maximum Gasteiger partial charge on any atom is 0.306 e. The van der Waals surface area contributed by atoms with E-state index < -0.39 is 25.2 Å². The van der Waals surface area contributed by atoms with Crippen LogP contribution >= 0.6 is 10.3 Å². The molecule has 0 spiro atoms. The normalized spacial score (nSPS) is 20.2. The molecule has 1 aromatic carbocycles. The molecule has 6 heteroatoms. The number of ketones is 1. The summed E-state index contributed by atoms with van der Waals surface area (Å²) >= 11 is 0. The molecule has 0 N–H and O–H groups in total. The molecule has 0 aromatic heterocycles. The van der Waals surface area contributed by atoms with Gasteiger partial charge in [0.15, 0.2) is 0 Å². The van der Waals surface area contributed by atoms with E-state index >= 15 is 0 Å². The zero-order valence-electron chi connectivity index (χ0n) is 15.9. The molecule has 4 nitrogen and oxygen atoms in total. The van der Waals surface area contributed by atoms with Crippen LogP contribution in [0.4, 0.5) is 0 Å². The Morgan fingerprint density at radius 1 is 1.12 bits per heavy atom. The van der Waals surface area contributed by atoms with E-state index in [0.717, 1.165) is 31.2 Å². The Morgan fingerprint density at radius 2 is 1.64 bits per heavy atom. The Labute approximate surface area is 154 Å². The lowest BCUT2D eigenvalue weighted by Gasteiger charge is -2.45. The number of aryl methyl sites for hydroxylation is 1. The summed E-state index contributed by atoms with van der Waals surface area (Å²) in [5, 5.41) is 0. The fourth-order valence-electron chi connectivity index (χ4n) is 2.92. The van der Waals surface area contributed by atoms with Gasteiger partial charge in [0.2, 0.25) is 0 Å². The van der Waals surface area contributed by atoms with Gasteiger partial charge >= 0.3 is 10.1 Å². The SMILES string of the molecule is Cc1ccc(S(=O)(=O)OS(C)(CC(=O)C2CCCC2)C(C)(C)C)cc1. The highest BCUT2D eigenvalue weighted by atomic mass is 32.3. The van der Waals surface area contributed by atoms with Crippen LogP contribution in [-0.4, -0.2) is 31.0 Å². The second-order valence-corrected chi connectivity index (χ2v) is 13.5. The second kappa shape index (κ2) is 7.41. The molecule has 0 aliphatic heterocycles. The van der Waals surface area contributed by atoms with Gasteiger partial charge in [-0.1, -0.05) is 51.3 Å². The highest BCUT2D eigenvalue weighted by Crippen LogP contribution is 2.59. The van der Waals surface area contributed by atoms with E-state index in [2.05, 4.69) is 0 Å². The van der Waals surface area contributed by atoms with Gasteiger partial charge in [-0.2, -0.15) is 8.42 Å². The molecule has 0 saturated heterocycles. The van der Waals surface area contributed by atoms with Gasteiger partial charge in [-0.25, -0.2) is 3.63 Å². The fraction of sp³-hybridized carbons (Fsp3) is 0.632. The van der Waals surface area contributed by atoms with Gasteiger partial charge in [-0.05, 0) is 38.2 Å². The van der Waals surface area contributed by atoms with Crippen molar-refractivity contribution in [3.8, 4) is 0 Å². The van der Waals surface area contributed by atoms with Crippen LogP contribution in [0.15, 0.2) is 29.2 Å². The minimum Gasteiger partial charge on any atom is -0.298 e. The Balaban J connectivity index is 2.27. The third-order valence-corrected chi connectivity index (χ3v) is 11.3. The van der Waals surface area contributed by atoms with Crippen molar-refractivity contribution in [1.82, 2.24) is 0 Å². The molecule has 0 amide bonds. The van der Waals surface area contributed by atoms with Crippen LogP contribution in [0.3, 0.4) is 0 Å². The van der Waals surface area contributed by atoms with Crippen molar-refractivity contribution < 1.29 is 16.8 Å². The Kier molecular flexibility index (Phi) is 6.07. The highest BCUT2D eigenvalue weighted by Gasteiger charge is 2.41. The van der Waals surface area contributed by atoms with E-state index in [1.165, 1.54) is 0 Å². The molecule has 1 aromatic rings. The first-order valence-electron chi connectivity index (χ1n) is 8.76. The molecule has 1 aliphatic rings. The summed E-state index contributed by atoms with van der Waals surface area (Å²) in [6.07, 6.45) is 5.83. The summed E-state index contributed by atoms with van der Waals surface area (Å²) in [4.78, 5) is 12.9. The lowest BCUT2D eigenvalue weighted by molar-refractivity contribution is -0.120. The molecule has 1 unspecified atom stereocenters. The Morgan fingerprint density at radius 3 is 2.12 bits per heavy atom. The lowest BCUT2D eigenvalue weighted by Crippen LogP contribution is -2.34. The summed E-state index contributed by atoms with van der Waals surface area (Å²) in [7, 11) is -6.05. The monoisotopic (exact) mass is 386 g/mol. The molecule has 2 rings (SSSR count). The van der Waals surface area contributed by atoms with E-state index in [1.54, 1.807) is 24.3 Å². The van der Waals surface area contributed by atoms with Crippen LogP contribution in [-0.2, 0) is 18.5 Å². The van der Waals surface area contributed by atoms with Crippen molar-refractivity contribution in [3.63, 3.8) is 0 Å². The van der Waals surface area contributed by atoms with Crippen molar-refractivity contribution in [1.29, 1.82) is 0 Å². The minimum atomic E-state index is -3.90. The molecular formula is C19H30O4S2. The molecule has 25 heavy (non-hydrogen) atoms. The first kappa shape index (κ1) is 20.5. The zero-order chi connectivity index (χ0) is 18.9. The molecule has 0 radical (unpaired) electrons. The van der Waals surface area contributed by atoms with E-state index in [9.17, 15) is 13.2 Å². The quantitative estimate of drug-likeness (QED) is 0.716. The molecular weight excluding hydrogens is 356 g/mol. The summed E-state index contributed by atoms with van der Waals surface area (Å²) in [6.45, 7) is 7.76. The molecule has 0 bridgehead atoms. The number of benzene rings is 1. The molecule has 1 fully saturated rings. The second-order valence-electron chi connectivity index (χ2n) is 8.04. The van der Waals surface area contributed by atoms with Crippen LogP contribution in [0, 0.1) is 12.8 Å². The van der Waals surface area contributed by atoms with Gasteiger partial charge in [-0.3, -0.25) is 4.79 Å². The van der Waals surface area contributed by atoms with Crippen LogP contribution in [0.2, 0.25) is 0 Å². The largest absolute Gasteiger partial charge is 0.306 e. The van der Waals surface area contributed by atoms with Crippen LogP contribution in [0.25, 0.3) is 0 Å². The topological polar surface area (TPSA) is 60.4 Å². The molecule has 142 valence electrons. The predicted octanol–water partition coefficient (Wildman–Crippen LogP) is 4.61. The first-order valence-corrected chi connectivity index (χ1v) is 12.3. The van der Waals surface area contributed by atoms with Crippen molar-refractivity contribution in [3.05, 3.63) is 29.8 Å². The van der Waals surface area contributed by atoms with Gasteiger partial charge in [0.05, 0.1) is 10.6 Å². The van der Waals surface area contributed by atoms with E-state index in [-0.39, 0.29) is 22.3 Å². The smallest absolute Gasteiger partial charge is 0.298 e. The summed E-state index contributed by atoms with van der Waals surface area (Å²) in [6, 6.07) is 6.63. The lowest BCUT2D eigenvalue weighted by atomic mass is 10.0. The maximum absolute atomic E-state index is 12.8. The van der Waals surface area contributed by atoms with Crippen LogP contribution in [0.5, 0.6) is 0 Å². The fourth-order valence-corrected chi connectivity index (χ4v) is 7.51. The zero-order valence-corrected chi connectivity index (χ0v) is 17.5. The van der Waals surface area contributed by atoms with Crippen molar-refractivity contribution in [2.45, 2.75) is 63.0 Å². The predicted molar refractivity (Wildman–Crippen MR) is 105 cm³/mol. The third kappa shape index (κ3) is 4.86. The number of hydrogen-bond donors (Lipinski definition) is 0. The maximum atomic E-state index is 12.8. The summed E-state index contributed by atoms with van der Waals surface area (Å²) in [5.41, 5.74) is 0.987. The Hall–Kier alpha value is -0.850. The third-order valence-electron chi connectivity index (χ3n) is 5.07. The van der Waals surface area contributed by atoms with Gasteiger partial charge in [0.1, 0.15) is 5.78 Å². The summed E-state index contributed by atoms with van der Waals surface area (Å²) < 4.78 is 31.0. The molecule has 0 heterocycles. The van der Waals surface area contributed by atoms with Crippen LogP contribution in [0.1, 0.15) is 52.0 Å². The number of carbonyl (C=O) groups is 1. The van der Waals surface area contributed by atoms with Gasteiger partial charge in [-0.15, -0.1) is 10.3 Å². The van der Waals surface area contributed by atoms with Crippen molar-refractivity contribution in [2.24, 2.45) is 5.92 Å². The molecule has 1 atom stereocenters. The van der Waals surface area contributed by atoms with Gasteiger partial charge in [0.25, 0.3) is 0 Å². The van der Waals surface area contributed by atoms with Crippen LogP contribution < -0.4 is 0 Å². The standard InChI is InChI=1S/C19H30O4S2/c1-15-10-12-17(13-11-15)25(21,22)23-24(5,19(2,3)4)14-18(20)16-8-6-7-9-16/h10-13,16H,6-9,14H2,1-5H3. The first-order chi connectivity index (χ1) is 11.4. The van der Waals surface area contributed by atoms with Crippen molar-refractivity contribution >= 4 is 26.2 Å². The summed E-state index contributed by atoms with van der Waals surface area (Å²) in [5.74, 6) is 0.426. The van der Waals surface area contributed by atoms with E-state index in [0.29, 0.717) is 0 Å². The highest BCUT2D eigenvalue weighted by molar-refractivity contribution is 8.33. The average Bonchev–Trinajstić information content (AvgIpc) is 3.00. The average molecular weight is 387 g/mol. The van der Waals surface area contributed by atoms with E-state index in [4.69, 9.17) is 3.63 Å². The van der Waals surface area contributed by atoms with Gasteiger partial charge in [0, 0.05) is 10.7 Å². The van der Waals surface area contributed by atoms with Crippen molar-refractivity contribution in [2.75, 3.05) is 12.0 Å². The number of Topliss-reactive ketones (excluding diaryl/α,β-unsaturated/α-hetero) is 1. The molecule has 1 aliphatic carbocycles. The number of hydrogen-bond acceptors (Lipinski definition) is 4. The number of rotatable bonds is 6. The van der Waals surface area contributed by atoms with Gasteiger partial charge < -0.3 is 0 Å². The number of carbonyl (C=O) groups excluding carboxylic acids is 1.